The van der Waals surface area contributed by atoms with Crippen molar-refractivity contribution in [1.82, 2.24) is 23.9 Å². The number of aliphatic imine (C=N–C) groups is 1. The smallest absolute Gasteiger partial charge is 0.333 e. The number of nitrogens with zero attached hydrogens (tertiary/aromatic N) is 6. The summed E-state index contributed by atoms with van der Waals surface area (Å²) in [5.74, 6) is -0.295. The molecule has 2 aliphatic carbocycles. The van der Waals surface area contributed by atoms with Gasteiger partial charge in [-0.15, -0.1) is 0 Å². The van der Waals surface area contributed by atoms with Crippen molar-refractivity contribution in [2.75, 3.05) is 17.2 Å². The Kier molecular flexibility index (Phi) is 5.18. The van der Waals surface area contributed by atoms with Crippen molar-refractivity contribution in [3.8, 4) is 11.4 Å². The standard InChI is InChI=1S/C26H24F4N8O/c1-26(6-14(27)4-16-17(7-26)20(16)28)11-37-19-5-15(36-3-2-18-21(36)24(39)33-12-32-18)9-31-22(19)35-23(37)13-8-34-38(10-13)25(29)30/h2-5,8,10,12,16,24-25,31,39H,6-7,9,11H2,1H3,(H,32,33). The molecular weight excluding hydrogens is 516 g/mol. The third-order valence-corrected chi connectivity index (χ3v) is 7.69. The largest absolute Gasteiger partial charge is 0.367 e. The van der Waals surface area contributed by atoms with E-state index < -0.39 is 24.1 Å². The molecule has 0 amide bonds. The van der Waals surface area contributed by atoms with Crippen LogP contribution in [0.5, 0.6) is 0 Å². The number of aliphatic hydroxyl groups is 1. The third-order valence-electron chi connectivity index (χ3n) is 7.69. The zero-order valence-electron chi connectivity index (χ0n) is 20.7. The SMILES string of the molecule is CC1(Cn2c(-c3cnn(C(F)F)c3)nc3c2C=C(n2ccc4c2C(O)N=CN4)CN3)CC(F)=CC2C(F)=C2C1. The maximum absolute atomic E-state index is 14.8. The normalized spacial score (nSPS) is 25.3. The van der Waals surface area contributed by atoms with Crippen LogP contribution in [0, 0.1) is 11.3 Å². The number of fused-ring (bicyclic) bond motifs is 3. The molecule has 0 radical (unpaired) electrons. The predicted molar refractivity (Wildman–Crippen MR) is 137 cm³/mol. The first-order valence-corrected chi connectivity index (χ1v) is 12.5. The van der Waals surface area contributed by atoms with Gasteiger partial charge in [-0.3, -0.25) is 0 Å². The average molecular weight is 541 g/mol. The number of rotatable bonds is 5. The van der Waals surface area contributed by atoms with Crippen LogP contribution in [0.4, 0.5) is 29.1 Å². The second kappa shape index (κ2) is 8.43. The quantitative estimate of drug-likeness (QED) is 0.381. The molecule has 7 rings (SSSR count). The lowest BCUT2D eigenvalue weighted by atomic mass is 9.82. The van der Waals surface area contributed by atoms with Gasteiger partial charge < -0.3 is 24.9 Å². The number of halogens is 4. The molecule has 9 nitrogen and oxygen atoms in total. The van der Waals surface area contributed by atoms with E-state index in [2.05, 4.69) is 20.7 Å². The average Bonchev–Trinajstić information content (AvgIpc) is 3.35. The highest BCUT2D eigenvalue weighted by molar-refractivity contribution is 5.86. The number of alkyl halides is 2. The topological polar surface area (TPSA) is 97.2 Å². The number of anilines is 2. The van der Waals surface area contributed by atoms with E-state index in [4.69, 9.17) is 4.98 Å². The van der Waals surface area contributed by atoms with E-state index in [9.17, 15) is 22.7 Å². The third kappa shape index (κ3) is 3.90. The van der Waals surface area contributed by atoms with Gasteiger partial charge in [-0.05, 0) is 35.6 Å². The molecule has 0 fully saturated rings. The van der Waals surface area contributed by atoms with Crippen LogP contribution in [0.1, 0.15) is 43.9 Å². The zero-order chi connectivity index (χ0) is 27.1. The molecule has 39 heavy (non-hydrogen) atoms. The first-order valence-electron chi connectivity index (χ1n) is 12.5. The maximum atomic E-state index is 14.8. The van der Waals surface area contributed by atoms with Gasteiger partial charge in [0.1, 0.15) is 11.7 Å². The summed E-state index contributed by atoms with van der Waals surface area (Å²) in [7, 11) is 0. The van der Waals surface area contributed by atoms with Crippen molar-refractivity contribution in [2.24, 2.45) is 16.3 Å². The van der Waals surface area contributed by atoms with Gasteiger partial charge >= 0.3 is 6.55 Å². The molecule has 0 saturated heterocycles. The minimum absolute atomic E-state index is 0.105. The summed E-state index contributed by atoms with van der Waals surface area (Å²) in [5.41, 5.74) is 3.00. The molecule has 0 saturated carbocycles. The number of allylic oxidation sites excluding steroid dienone is 4. The van der Waals surface area contributed by atoms with E-state index in [0.29, 0.717) is 51.8 Å². The molecule has 0 aromatic carbocycles. The highest BCUT2D eigenvalue weighted by Gasteiger charge is 2.44. The summed E-state index contributed by atoms with van der Waals surface area (Å²) in [4.78, 5) is 8.74. The van der Waals surface area contributed by atoms with E-state index in [0.717, 1.165) is 11.4 Å². The van der Waals surface area contributed by atoms with Gasteiger partial charge in [0.15, 0.2) is 12.0 Å². The molecule has 3 aromatic heterocycles. The molecule has 3 N–H and O–H groups in total. The molecule has 13 heteroatoms. The first kappa shape index (κ1) is 23.9. The lowest BCUT2D eigenvalue weighted by molar-refractivity contribution is 0.0566. The molecule has 3 unspecified atom stereocenters. The van der Waals surface area contributed by atoms with Crippen molar-refractivity contribution < 1.29 is 22.7 Å². The lowest BCUT2D eigenvalue weighted by Gasteiger charge is -2.30. The first-order chi connectivity index (χ1) is 18.7. The van der Waals surface area contributed by atoms with E-state index >= 15 is 0 Å². The molecule has 202 valence electrons. The van der Waals surface area contributed by atoms with Crippen LogP contribution < -0.4 is 10.6 Å². The van der Waals surface area contributed by atoms with Crippen LogP contribution in [0.3, 0.4) is 0 Å². The molecule has 2 aliphatic heterocycles. The van der Waals surface area contributed by atoms with Crippen LogP contribution in [0.15, 0.2) is 53.0 Å². The monoisotopic (exact) mass is 540 g/mol. The Balaban J connectivity index is 1.34. The molecule has 4 aliphatic rings. The summed E-state index contributed by atoms with van der Waals surface area (Å²) >= 11 is 0. The minimum atomic E-state index is -2.82. The summed E-state index contributed by atoms with van der Waals surface area (Å²) in [6.45, 7) is -0.307. The van der Waals surface area contributed by atoms with Crippen LogP contribution in [-0.4, -0.2) is 41.9 Å². The highest BCUT2D eigenvalue weighted by Crippen LogP contribution is 2.53. The number of aliphatic hydroxyl groups excluding tert-OH is 1. The van der Waals surface area contributed by atoms with Crippen molar-refractivity contribution >= 4 is 29.6 Å². The lowest BCUT2D eigenvalue weighted by Crippen LogP contribution is -2.25. The van der Waals surface area contributed by atoms with Gasteiger partial charge in [0.2, 0.25) is 0 Å². The number of hydrogen-bond donors (Lipinski definition) is 3. The summed E-state index contributed by atoms with van der Waals surface area (Å²) in [5, 5.41) is 20.6. The number of imidazole rings is 1. The molecule has 0 spiro atoms. The Labute approximate surface area is 219 Å². The Morgan fingerprint density at radius 2 is 2.10 bits per heavy atom. The van der Waals surface area contributed by atoms with Crippen molar-refractivity contribution in [2.45, 2.75) is 39.1 Å². The fraction of sp³-hybridized carbons (Fsp3) is 0.346. The van der Waals surface area contributed by atoms with Gasteiger partial charge in [-0.2, -0.15) is 13.9 Å². The van der Waals surface area contributed by atoms with Crippen LogP contribution in [-0.2, 0) is 6.54 Å². The van der Waals surface area contributed by atoms with E-state index in [1.54, 1.807) is 0 Å². The van der Waals surface area contributed by atoms with E-state index in [1.165, 1.54) is 24.8 Å². The van der Waals surface area contributed by atoms with Gasteiger partial charge in [0.05, 0.1) is 53.5 Å². The second-order valence-electron chi connectivity index (χ2n) is 10.6. The minimum Gasteiger partial charge on any atom is -0.367 e. The van der Waals surface area contributed by atoms with E-state index in [-0.39, 0.29) is 24.6 Å². The fourth-order valence-corrected chi connectivity index (χ4v) is 5.84. The Bertz CT molecular complexity index is 1630. The number of aromatic nitrogens is 5. The Morgan fingerprint density at radius 1 is 1.26 bits per heavy atom. The number of hydrogen-bond acceptors (Lipinski definition) is 6. The Morgan fingerprint density at radius 3 is 2.90 bits per heavy atom. The van der Waals surface area contributed by atoms with Crippen LogP contribution >= 0.6 is 0 Å². The summed E-state index contributed by atoms with van der Waals surface area (Å²) in [6.07, 6.45) is 8.45. The molecular formula is C26H24F4N8O. The van der Waals surface area contributed by atoms with Crippen LogP contribution in [0.2, 0.25) is 0 Å². The van der Waals surface area contributed by atoms with Crippen molar-refractivity contribution in [3.05, 3.63) is 59.3 Å². The number of nitrogens with one attached hydrogen (secondary N) is 2. The molecule has 3 aromatic rings. The van der Waals surface area contributed by atoms with Crippen LogP contribution in [0.25, 0.3) is 23.2 Å². The Hall–Kier alpha value is -4.13. The molecule has 5 heterocycles. The fourth-order valence-electron chi connectivity index (χ4n) is 5.84. The molecule has 0 bridgehead atoms. The maximum Gasteiger partial charge on any atom is 0.333 e. The summed E-state index contributed by atoms with van der Waals surface area (Å²) in [6, 6.07) is 1.83. The van der Waals surface area contributed by atoms with Gasteiger partial charge in [-0.1, -0.05) is 6.92 Å². The van der Waals surface area contributed by atoms with Gasteiger partial charge in [0.25, 0.3) is 0 Å². The summed E-state index contributed by atoms with van der Waals surface area (Å²) < 4.78 is 59.9. The van der Waals surface area contributed by atoms with Gasteiger partial charge in [0, 0.05) is 31.1 Å². The van der Waals surface area contributed by atoms with E-state index in [1.807, 2.05) is 34.4 Å². The van der Waals surface area contributed by atoms with Gasteiger partial charge in [-0.25, -0.2) is 23.4 Å². The second-order valence-corrected chi connectivity index (χ2v) is 10.6. The zero-order valence-corrected chi connectivity index (χ0v) is 20.7. The highest BCUT2D eigenvalue weighted by atomic mass is 19.3. The van der Waals surface area contributed by atoms with Crippen molar-refractivity contribution in [3.63, 3.8) is 0 Å². The van der Waals surface area contributed by atoms with Crippen molar-refractivity contribution in [1.29, 1.82) is 0 Å². The predicted octanol–water partition coefficient (Wildman–Crippen LogP) is 5.32. The molecule has 3 atom stereocenters.